The predicted molar refractivity (Wildman–Crippen MR) is 145 cm³/mol. The van der Waals surface area contributed by atoms with Crippen LogP contribution < -0.4 is 9.80 Å². The molecule has 8 nitrogen and oxygen atoms in total. The minimum absolute atomic E-state index is 0.0490. The fraction of sp³-hybridized carbons (Fsp3) is 0.704. The van der Waals surface area contributed by atoms with Gasteiger partial charge in [-0.2, -0.15) is 0 Å². The van der Waals surface area contributed by atoms with E-state index in [9.17, 15) is 18.0 Å². The molecule has 0 N–H and O–H groups in total. The van der Waals surface area contributed by atoms with Crippen molar-refractivity contribution in [3.8, 4) is 0 Å². The monoisotopic (exact) mass is 521 g/mol. The lowest BCUT2D eigenvalue weighted by atomic mass is 9.93. The normalized spacial score (nSPS) is 20.9. The fourth-order valence-corrected chi connectivity index (χ4v) is 7.00. The van der Waals surface area contributed by atoms with Crippen molar-refractivity contribution in [3.05, 3.63) is 23.8 Å². The third-order valence-electron chi connectivity index (χ3n) is 7.41. The van der Waals surface area contributed by atoms with Gasteiger partial charge in [0, 0.05) is 26.6 Å². The third kappa shape index (κ3) is 6.79. The molecule has 1 fully saturated rings. The Kier molecular flexibility index (Phi) is 9.44. The van der Waals surface area contributed by atoms with E-state index in [1.54, 1.807) is 16.7 Å². The number of rotatable bonds is 8. The van der Waals surface area contributed by atoms with Crippen LogP contribution in [0.2, 0.25) is 0 Å². The van der Waals surface area contributed by atoms with Gasteiger partial charge in [-0.15, -0.1) is 0 Å². The van der Waals surface area contributed by atoms with Gasteiger partial charge in [-0.1, -0.05) is 19.9 Å². The molecule has 2 atom stereocenters. The van der Waals surface area contributed by atoms with Crippen LogP contribution in [-0.4, -0.2) is 75.1 Å². The van der Waals surface area contributed by atoms with Crippen LogP contribution in [-0.2, 0) is 19.4 Å². The zero-order valence-electron chi connectivity index (χ0n) is 22.7. The molecule has 2 aliphatic rings. The highest BCUT2D eigenvalue weighted by Crippen LogP contribution is 2.39. The molecule has 1 saturated heterocycles. The molecule has 2 heterocycles. The average molecular weight is 522 g/mol. The number of anilines is 2. The molecular weight excluding hydrogens is 478 g/mol. The molecule has 2 unspecified atom stereocenters. The lowest BCUT2D eigenvalue weighted by Crippen LogP contribution is -2.51. The van der Waals surface area contributed by atoms with Gasteiger partial charge in [0.25, 0.3) is 0 Å². The summed E-state index contributed by atoms with van der Waals surface area (Å²) in [5.41, 5.74) is 2.57. The van der Waals surface area contributed by atoms with E-state index in [1.807, 2.05) is 32.9 Å². The summed E-state index contributed by atoms with van der Waals surface area (Å²) in [6.07, 6.45) is 1.77. The highest BCUT2D eigenvalue weighted by atomic mass is 32.2. The minimum atomic E-state index is -2.86. The summed E-state index contributed by atoms with van der Waals surface area (Å²) >= 11 is 0. The smallest absolute Gasteiger partial charge is 0.414 e. The van der Waals surface area contributed by atoms with Crippen LogP contribution in [0.4, 0.5) is 16.2 Å². The average Bonchev–Trinajstić information content (AvgIpc) is 2.81. The van der Waals surface area contributed by atoms with Crippen LogP contribution in [0.1, 0.15) is 72.3 Å². The minimum Gasteiger partial charge on any atom is -0.446 e. The summed E-state index contributed by atoms with van der Waals surface area (Å²) in [4.78, 5) is 31.3. The summed E-state index contributed by atoms with van der Waals surface area (Å²) in [5, 5.41) is 0. The fourth-order valence-electron chi connectivity index (χ4n) is 5.42. The van der Waals surface area contributed by atoms with E-state index >= 15 is 0 Å². The molecule has 202 valence electrons. The second-order valence-electron chi connectivity index (χ2n) is 10.6. The molecule has 0 aromatic heterocycles. The molecule has 2 aliphatic heterocycles. The first-order valence-corrected chi connectivity index (χ1v) is 15.1. The van der Waals surface area contributed by atoms with Crippen molar-refractivity contribution in [2.75, 3.05) is 47.5 Å². The first kappa shape index (κ1) is 28.4. The summed E-state index contributed by atoms with van der Waals surface area (Å²) in [6.45, 7) is 14.5. The zero-order chi connectivity index (χ0) is 26.6. The largest absolute Gasteiger partial charge is 0.446 e. The van der Waals surface area contributed by atoms with Gasteiger partial charge in [0.05, 0.1) is 35.0 Å². The van der Waals surface area contributed by atoms with Gasteiger partial charge >= 0.3 is 6.09 Å². The van der Waals surface area contributed by atoms with Gasteiger partial charge in [-0.05, 0) is 76.1 Å². The number of fused-ring (bicyclic) bond motifs is 1. The molecular formula is C27H43N3O5S. The van der Waals surface area contributed by atoms with Crippen molar-refractivity contribution in [2.24, 2.45) is 5.92 Å². The maximum Gasteiger partial charge on any atom is 0.414 e. The van der Waals surface area contributed by atoms with Gasteiger partial charge in [-0.25, -0.2) is 13.2 Å². The molecule has 0 saturated carbocycles. The van der Waals surface area contributed by atoms with Gasteiger partial charge in [0.1, 0.15) is 9.84 Å². The number of amides is 2. The van der Waals surface area contributed by atoms with Crippen LogP contribution in [0.3, 0.4) is 0 Å². The Labute approximate surface area is 216 Å². The van der Waals surface area contributed by atoms with E-state index in [0.717, 1.165) is 50.1 Å². The quantitative estimate of drug-likeness (QED) is 0.503. The maximum atomic E-state index is 13.0. The number of sulfone groups is 1. The van der Waals surface area contributed by atoms with Gasteiger partial charge < -0.3 is 14.5 Å². The van der Waals surface area contributed by atoms with Crippen molar-refractivity contribution in [1.82, 2.24) is 4.90 Å². The number of ether oxygens (including phenoxy) is 1. The van der Waals surface area contributed by atoms with Crippen molar-refractivity contribution < 1.29 is 22.7 Å². The second-order valence-corrected chi connectivity index (χ2v) is 12.9. The first-order valence-electron chi connectivity index (χ1n) is 13.3. The SMILES string of the molecule is CCC(CN(CC)CC1CCS(=O)(=O)CC1)c1ccc2c(c1)N(C(=O)OC(C)C)CC(C)N2C(C)=O. The highest BCUT2D eigenvalue weighted by molar-refractivity contribution is 7.91. The summed E-state index contributed by atoms with van der Waals surface area (Å²) in [7, 11) is -2.86. The Morgan fingerprint density at radius 1 is 1.14 bits per heavy atom. The van der Waals surface area contributed by atoms with Crippen molar-refractivity contribution in [1.29, 1.82) is 0 Å². The second kappa shape index (κ2) is 11.9. The molecule has 9 heteroatoms. The third-order valence-corrected chi connectivity index (χ3v) is 9.13. The van der Waals surface area contributed by atoms with E-state index in [1.165, 1.54) is 0 Å². The number of carbonyl (C=O) groups is 2. The number of nitrogens with zero attached hydrogens (tertiary/aromatic N) is 3. The van der Waals surface area contributed by atoms with E-state index in [-0.39, 0.29) is 24.0 Å². The van der Waals surface area contributed by atoms with E-state index in [0.29, 0.717) is 29.7 Å². The molecule has 36 heavy (non-hydrogen) atoms. The molecule has 3 rings (SSSR count). The van der Waals surface area contributed by atoms with E-state index in [4.69, 9.17) is 4.74 Å². The standard InChI is InChI=1S/C27H43N3O5S/c1-7-23(18-28(8-2)17-22-11-13-36(33,34)14-12-22)24-9-10-25-26(15-24)29(27(32)35-19(3)4)16-20(5)30(25)21(6)31/h9-10,15,19-20,22-23H,7-8,11-14,16-18H2,1-6H3. The van der Waals surface area contributed by atoms with Crippen LogP contribution >= 0.6 is 0 Å². The lowest BCUT2D eigenvalue weighted by molar-refractivity contribution is -0.117. The topological polar surface area (TPSA) is 87.2 Å². The summed E-state index contributed by atoms with van der Waals surface area (Å²) < 4.78 is 29.2. The summed E-state index contributed by atoms with van der Waals surface area (Å²) in [5.74, 6) is 1.19. The first-order chi connectivity index (χ1) is 17.0. The number of hydrogen-bond donors (Lipinski definition) is 0. The predicted octanol–water partition coefficient (Wildman–Crippen LogP) is 4.43. The molecule has 1 aromatic rings. The van der Waals surface area contributed by atoms with Crippen LogP contribution in [0.5, 0.6) is 0 Å². The maximum absolute atomic E-state index is 13.0. The Hall–Kier alpha value is -2.13. The number of carbonyl (C=O) groups excluding carboxylic acids is 2. The number of hydrogen-bond acceptors (Lipinski definition) is 6. The molecule has 0 bridgehead atoms. The van der Waals surface area contributed by atoms with Gasteiger partial charge in [0.2, 0.25) is 5.91 Å². The number of benzene rings is 1. The molecule has 0 aliphatic carbocycles. The van der Waals surface area contributed by atoms with E-state index in [2.05, 4.69) is 24.8 Å². The Bertz CT molecular complexity index is 1030. The van der Waals surface area contributed by atoms with Crippen molar-refractivity contribution in [2.45, 2.75) is 78.9 Å². The lowest BCUT2D eigenvalue weighted by Gasteiger charge is -2.41. The van der Waals surface area contributed by atoms with Crippen molar-refractivity contribution >= 4 is 33.2 Å². The van der Waals surface area contributed by atoms with Crippen LogP contribution in [0.25, 0.3) is 0 Å². The van der Waals surface area contributed by atoms with Crippen LogP contribution in [0.15, 0.2) is 18.2 Å². The number of likely N-dealkylation sites (N-methyl/N-ethyl adjacent to an activating group) is 1. The van der Waals surface area contributed by atoms with Crippen molar-refractivity contribution in [3.63, 3.8) is 0 Å². The molecule has 2 amide bonds. The Morgan fingerprint density at radius 3 is 2.36 bits per heavy atom. The van der Waals surface area contributed by atoms with E-state index < -0.39 is 15.9 Å². The Morgan fingerprint density at radius 2 is 1.81 bits per heavy atom. The molecule has 0 spiro atoms. The zero-order valence-corrected chi connectivity index (χ0v) is 23.5. The highest BCUT2D eigenvalue weighted by Gasteiger charge is 2.35. The molecule has 0 radical (unpaired) electrons. The van der Waals surface area contributed by atoms with Gasteiger partial charge in [0.15, 0.2) is 0 Å². The summed E-state index contributed by atoms with van der Waals surface area (Å²) in [6, 6.07) is 5.93. The van der Waals surface area contributed by atoms with Crippen LogP contribution in [0, 0.1) is 5.92 Å². The van der Waals surface area contributed by atoms with Gasteiger partial charge in [-0.3, -0.25) is 9.69 Å². The Balaban J connectivity index is 1.85. The molecule has 1 aromatic carbocycles.